The fourth-order valence-electron chi connectivity index (χ4n) is 0.766. The number of thiophene rings is 1. The van der Waals surface area contributed by atoms with Gasteiger partial charge in [0.05, 0.1) is 10.7 Å². The van der Waals surface area contributed by atoms with Gasteiger partial charge < -0.3 is 0 Å². The van der Waals surface area contributed by atoms with Gasteiger partial charge in [-0.25, -0.2) is 13.6 Å². The molecule has 0 fully saturated rings. The standard InChI is InChI=1S/C5H6N2O4S2/c6-13(10,11)3-4-1-5(7(8)9)12-2-4/h1-2H,3H2,(H2,6,10,11). The Morgan fingerprint density at radius 2 is 2.23 bits per heavy atom. The van der Waals surface area contributed by atoms with Gasteiger partial charge in [-0.2, -0.15) is 0 Å². The van der Waals surface area contributed by atoms with Crippen molar-refractivity contribution in [1.82, 2.24) is 0 Å². The summed E-state index contributed by atoms with van der Waals surface area (Å²) in [5.41, 5.74) is 0.346. The summed E-state index contributed by atoms with van der Waals surface area (Å²) >= 11 is 0.879. The maximum Gasteiger partial charge on any atom is 0.324 e. The third-order valence-electron chi connectivity index (χ3n) is 1.19. The molecule has 8 heteroatoms. The molecule has 0 aromatic carbocycles. The second kappa shape index (κ2) is 3.40. The average Bonchev–Trinajstić information content (AvgIpc) is 2.31. The van der Waals surface area contributed by atoms with Crippen LogP contribution in [0.1, 0.15) is 5.56 Å². The summed E-state index contributed by atoms with van der Waals surface area (Å²) in [6.45, 7) is 0. The van der Waals surface area contributed by atoms with Crippen LogP contribution in [0.5, 0.6) is 0 Å². The molecule has 13 heavy (non-hydrogen) atoms. The highest BCUT2D eigenvalue weighted by Crippen LogP contribution is 2.23. The highest BCUT2D eigenvalue weighted by molar-refractivity contribution is 7.88. The number of nitrogens with zero attached hydrogens (tertiary/aromatic N) is 1. The van der Waals surface area contributed by atoms with Crippen molar-refractivity contribution in [2.75, 3.05) is 0 Å². The lowest BCUT2D eigenvalue weighted by atomic mass is 10.4. The maximum absolute atomic E-state index is 10.6. The molecule has 0 saturated carbocycles. The van der Waals surface area contributed by atoms with Gasteiger partial charge in [-0.3, -0.25) is 10.1 Å². The topological polar surface area (TPSA) is 103 Å². The zero-order chi connectivity index (χ0) is 10.1. The van der Waals surface area contributed by atoms with Crippen molar-refractivity contribution >= 4 is 26.4 Å². The van der Waals surface area contributed by atoms with E-state index in [0.717, 1.165) is 11.3 Å². The van der Waals surface area contributed by atoms with Gasteiger partial charge in [0.25, 0.3) is 0 Å². The maximum atomic E-state index is 10.6. The summed E-state index contributed by atoms with van der Waals surface area (Å²) in [5, 5.41) is 16.3. The van der Waals surface area contributed by atoms with E-state index in [-0.39, 0.29) is 10.8 Å². The van der Waals surface area contributed by atoms with Crippen LogP contribution < -0.4 is 5.14 Å². The Bertz CT molecular complexity index is 421. The first-order valence-electron chi connectivity index (χ1n) is 3.11. The van der Waals surface area contributed by atoms with Crippen molar-refractivity contribution in [3.05, 3.63) is 27.1 Å². The molecule has 0 atom stereocenters. The fraction of sp³-hybridized carbons (Fsp3) is 0.200. The summed E-state index contributed by atoms with van der Waals surface area (Å²) < 4.78 is 21.2. The molecule has 0 amide bonds. The van der Waals surface area contributed by atoms with E-state index < -0.39 is 14.9 Å². The first-order valence-corrected chi connectivity index (χ1v) is 5.70. The Balaban J connectivity index is 2.87. The minimum Gasteiger partial charge on any atom is -0.258 e. The quantitative estimate of drug-likeness (QED) is 0.592. The predicted octanol–water partition coefficient (Wildman–Crippen LogP) is 0.445. The fourth-order valence-corrected chi connectivity index (χ4v) is 2.23. The number of primary sulfonamides is 1. The molecule has 1 aromatic rings. The van der Waals surface area contributed by atoms with Crippen LogP contribution in [0, 0.1) is 10.1 Å². The Morgan fingerprint density at radius 3 is 2.62 bits per heavy atom. The SMILES string of the molecule is NS(=O)(=O)Cc1csc([N+](=O)[O-])c1. The van der Waals surface area contributed by atoms with Crippen LogP contribution in [-0.2, 0) is 15.8 Å². The molecule has 0 spiro atoms. The number of rotatable bonds is 3. The predicted molar refractivity (Wildman–Crippen MR) is 47.8 cm³/mol. The van der Waals surface area contributed by atoms with Crippen LogP contribution in [0.4, 0.5) is 5.00 Å². The first-order chi connectivity index (χ1) is 5.88. The van der Waals surface area contributed by atoms with E-state index in [4.69, 9.17) is 5.14 Å². The van der Waals surface area contributed by atoms with Gasteiger partial charge in [-0.05, 0) is 5.56 Å². The van der Waals surface area contributed by atoms with Gasteiger partial charge >= 0.3 is 5.00 Å². The second-order valence-corrected chi connectivity index (χ2v) is 4.86. The normalized spacial score (nSPS) is 11.5. The lowest BCUT2D eigenvalue weighted by Gasteiger charge is -1.91. The van der Waals surface area contributed by atoms with Gasteiger partial charge in [0.1, 0.15) is 0 Å². The molecule has 6 nitrogen and oxygen atoms in total. The zero-order valence-corrected chi connectivity index (χ0v) is 7.97. The van der Waals surface area contributed by atoms with Crippen molar-refractivity contribution in [3.63, 3.8) is 0 Å². The smallest absolute Gasteiger partial charge is 0.258 e. The molecule has 0 bridgehead atoms. The van der Waals surface area contributed by atoms with E-state index in [1.54, 1.807) is 0 Å². The molecule has 0 aliphatic carbocycles. The number of sulfonamides is 1. The minimum absolute atomic E-state index is 0.0846. The van der Waals surface area contributed by atoms with E-state index in [0.29, 0.717) is 5.56 Å². The molecule has 2 N–H and O–H groups in total. The Labute approximate surface area is 78.2 Å². The third-order valence-corrected chi connectivity index (χ3v) is 2.85. The summed E-state index contributed by atoms with van der Waals surface area (Å²) in [6.07, 6.45) is 0. The molecule has 1 rings (SSSR count). The Kier molecular flexibility index (Phi) is 2.64. The van der Waals surface area contributed by atoms with Gasteiger partial charge in [0, 0.05) is 11.4 Å². The highest BCUT2D eigenvalue weighted by atomic mass is 32.2. The zero-order valence-electron chi connectivity index (χ0n) is 6.34. The molecule has 0 aliphatic heterocycles. The second-order valence-electron chi connectivity index (χ2n) is 2.36. The highest BCUT2D eigenvalue weighted by Gasteiger charge is 2.12. The average molecular weight is 222 g/mol. The van der Waals surface area contributed by atoms with Crippen molar-refractivity contribution in [3.8, 4) is 0 Å². The summed E-state index contributed by atoms with van der Waals surface area (Å²) in [4.78, 5) is 9.64. The van der Waals surface area contributed by atoms with Gasteiger partial charge in [-0.1, -0.05) is 11.3 Å². The van der Waals surface area contributed by atoms with E-state index in [2.05, 4.69) is 0 Å². The van der Waals surface area contributed by atoms with Crippen molar-refractivity contribution in [1.29, 1.82) is 0 Å². The van der Waals surface area contributed by atoms with E-state index in [1.807, 2.05) is 0 Å². The molecule has 0 unspecified atom stereocenters. The largest absolute Gasteiger partial charge is 0.324 e. The number of nitrogens with two attached hydrogens (primary N) is 1. The molecule has 1 aromatic heterocycles. The van der Waals surface area contributed by atoms with Crippen LogP contribution >= 0.6 is 11.3 Å². The number of nitro groups is 1. The van der Waals surface area contributed by atoms with Crippen LogP contribution in [0.25, 0.3) is 0 Å². The van der Waals surface area contributed by atoms with Gasteiger partial charge in [-0.15, -0.1) is 0 Å². The molecule has 0 radical (unpaired) electrons. The number of hydrogen-bond acceptors (Lipinski definition) is 5. The van der Waals surface area contributed by atoms with Crippen LogP contribution in [0.2, 0.25) is 0 Å². The van der Waals surface area contributed by atoms with Crippen molar-refractivity contribution < 1.29 is 13.3 Å². The number of hydrogen-bond donors (Lipinski definition) is 1. The molecule has 0 saturated heterocycles. The summed E-state index contributed by atoms with van der Waals surface area (Å²) in [7, 11) is -3.61. The van der Waals surface area contributed by atoms with Gasteiger partial charge in [0.15, 0.2) is 0 Å². The monoisotopic (exact) mass is 222 g/mol. The van der Waals surface area contributed by atoms with E-state index in [1.165, 1.54) is 11.4 Å². The Hall–Kier alpha value is -0.990. The van der Waals surface area contributed by atoms with Gasteiger partial charge in [0.2, 0.25) is 10.0 Å². The molecule has 72 valence electrons. The first kappa shape index (κ1) is 10.1. The van der Waals surface area contributed by atoms with E-state index in [9.17, 15) is 18.5 Å². The van der Waals surface area contributed by atoms with Crippen molar-refractivity contribution in [2.45, 2.75) is 5.75 Å². The third kappa shape index (κ3) is 3.09. The molecule has 1 heterocycles. The lowest BCUT2D eigenvalue weighted by Crippen LogP contribution is -2.13. The summed E-state index contributed by atoms with van der Waals surface area (Å²) in [5.74, 6) is -0.364. The minimum atomic E-state index is -3.61. The molecular weight excluding hydrogens is 216 g/mol. The van der Waals surface area contributed by atoms with Crippen LogP contribution in [-0.4, -0.2) is 13.3 Å². The molecular formula is C5H6N2O4S2. The lowest BCUT2D eigenvalue weighted by molar-refractivity contribution is -0.380. The molecule has 0 aliphatic rings. The van der Waals surface area contributed by atoms with Crippen LogP contribution in [0.3, 0.4) is 0 Å². The summed E-state index contributed by atoms with van der Waals surface area (Å²) in [6, 6.07) is 1.20. The Morgan fingerprint density at radius 1 is 1.62 bits per heavy atom. The van der Waals surface area contributed by atoms with E-state index >= 15 is 0 Å². The van der Waals surface area contributed by atoms with Crippen molar-refractivity contribution in [2.24, 2.45) is 5.14 Å². The van der Waals surface area contributed by atoms with Crippen LogP contribution in [0.15, 0.2) is 11.4 Å².